The van der Waals surface area contributed by atoms with Gasteiger partial charge in [0.05, 0.1) is 4.92 Å². The lowest BCUT2D eigenvalue weighted by Gasteiger charge is -2.22. The summed E-state index contributed by atoms with van der Waals surface area (Å²) < 4.78 is 26.2. The molecular formula is C17H22N2O5S. The molecule has 0 atom stereocenters. The third-order valence-electron chi connectivity index (χ3n) is 4.53. The summed E-state index contributed by atoms with van der Waals surface area (Å²) in [5.74, 6) is -0.425. The number of hydrogen-bond acceptors (Lipinski definition) is 5. The van der Waals surface area contributed by atoms with Crippen LogP contribution >= 0.6 is 0 Å². The quantitative estimate of drug-likeness (QED) is 0.438. The van der Waals surface area contributed by atoms with Crippen molar-refractivity contribution in [1.29, 1.82) is 0 Å². The first kappa shape index (κ1) is 19.3. The Morgan fingerprint density at radius 2 is 1.84 bits per heavy atom. The summed E-state index contributed by atoms with van der Waals surface area (Å²) in [4.78, 5) is 22.9. The van der Waals surface area contributed by atoms with Gasteiger partial charge in [0.2, 0.25) is 10.0 Å². The van der Waals surface area contributed by atoms with Crippen molar-refractivity contribution in [2.45, 2.75) is 37.0 Å². The van der Waals surface area contributed by atoms with Crippen LogP contribution in [-0.2, 0) is 14.8 Å². The third kappa shape index (κ3) is 3.80. The van der Waals surface area contributed by atoms with Crippen molar-refractivity contribution >= 4 is 27.1 Å². The Morgan fingerprint density at radius 3 is 2.36 bits per heavy atom. The molecule has 0 spiro atoms. The molecule has 1 aliphatic carbocycles. The average molecular weight is 366 g/mol. The fraction of sp³-hybridized carbons (Fsp3) is 0.471. The molecule has 0 aromatic heterocycles. The van der Waals surface area contributed by atoms with Crippen LogP contribution in [0, 0.1) is 16.0 Å². The summed E-state index contributed by atoms with van der Waals surface area (Å²) in [7, 11) is -1.53. The van der Waals surface area contributed by atoms with Crippen molar-refractivity contribution < 1.29 is 18.1 Å². The number of carbonyl (C=O) groups is 1. The maximum absolute atomic E-state index is 12.8. The van der Waals surface area contributed by atoms with Crippen molar-refractivity contribution in [2.75, 3.05) is 14.1 Å². The van der Waals surface area contributed by atoms with Gasteiger partial charge in [0.1, 0.15) is 0 Å². The van der Waals surface area contributed by atoms with E-state index in [4.69, 9.17) is 0 Å². The van der Waals surface area contributed by atoms with Crippen LogP contribution in [-0.4, -0.2) is 37.5 Å². The molecule has 1 aromatic rings. The Bertz CT molecular complexity index is 808. The number of rotatable bonds is 6. The molecule has 0 aliphatic heterocycles. The highest BCUT2D eigenvalue weighted by Crippen LogP contribution is 2.36. The molecular weight excluding hydrogens is 344 g/mol. The molecule has 0 unspecified atom stereocenters. The lowest BCUT2D eigenvalue weighted by Crippen LogP contribution is -2.25. The van der Waals surface area contributed by atoms with Gasteiger partial charge in [-0.05, 0) is 12.8 Å². The van der Waals surface area contributed by atoms with E-state index >= 15 is 0 Å². The van der Waals surface area contributed by atoms with Crippen LogP contribution in [0.15, 0.2) is 29.7 Å². The van der Waals surface area contributed by atoms with Crippen molar-refractivity contribution in [3.63, 3.8) is 0 Å². The first-order chi connectivity index (χ1) is 11.7. The minimum absolute atomic E-state index is 0.0125. The van der Waals surface area contributed by atoms with Gasteiger partial charge in [-0.3, -0.25) is 14.9 Å². The normalized spacial score (nSPS) is 16.0. The second-order valence-electron chi connectivity index (χ2n) is 6.38. The van der Waals surface area contributed by atoms with E-state index in [-0.39, 0.29) is 22.8 Å². The SMILES string of the molecule is C=C(C(=O)C1CCCCC1)c1cccc([N+](=O)[O-])c1S(=O)(=O)N(C)C. The van der Waals surface area contributed by atoms with Gasteiger partial charge in [-0.15, -0.1) is 0 Å². The summed E-state index contributed by atoms with van der Waals surface area (Å²) in [6, 6.07) is 3.91. The molecule has 0 amide bonds. The van der Waals surface area contributed by atoms with Crippen LogP contribution in [0.5, 0.6) is 0 Å². The van der Waals surface area contributed by atoms with E-state index < -0.39 is 25.5 Å². The lowest BCUT2D eigenvalue weighted by molar-refractivity contribution is -0.387. The van der Waals surface area contributed by atoms with E-state index in [0.717, 1.165) is 42.5 Å². The van der Waals surface area contributed by atoms with Crippen molar-refractivity contribution in [1.82, 2.24) is 4.31 Å². The van der Waals surface area contributed by atoms with E-state index in [9.17, 15) is 23.3 Å². The highest BCUT2D eigenvalue weighted by Gasteiger charge is 2.34. The van der Waals surface area contributed by atoms with Crippen molar-refractivity contribution in [3.05, 3.63) is 40.5 Å². The molecule has 1 aromatic carbocycles. The lowest BCUT2D eigenvalue weighted by atomic mass is 9.82. The Balaban J connectivity index is 2.57. The zero-order valence-corrected chi connectivity index (χ0v) is 15.2. The van der Waals surface area contributed by atoms with Crippen molar-refractivity contribution in [3.8, 4) is 0 Å². The zero-order chi connectivity index (χ0) is 18.8. The van der Waals surface area contributed by atoms with Gasteiger partial charge in [-0.1, -0.05) is 38.0 Å². The first-order valence-corrected chi connectivity index (χ1v) is 9.55. The number of sulfonamides is 1. The standard InChI is InChI=1S/C17H22N2O5S/c1-12(16(20)13-8-5-4-6-9-13)14-10-7-11-15(19(21)22)17(14)25(23,24)18(2)3/h7,10-11,13H,1,4-6,8-9H2,2-3H3. The maximum Gasteiger partial charge on any atom is 0.290 e. The van der Waals surface area contributed by atoms with Crippen LogP contribution in [0.4, 0.5) is 5.69 Å². The minimum Gasteiger partial charge on any atom is -0.294 e. The van der Waals surface area contributed by atoms with Gasteiger partial charge in [-0.25, -0.2) is 12.7 Å². The largest absolute Gasteiger partial charge is 0.294 e. The highest BCUT2D eigenvalue weighted by molar-refractivity contribution is 7.89. The smallest absolute Gasteiger partial charge is 0.290 e. The fourth-order valence-corrected chi connectivity index (χ4v) is 4.34. The number of nitrogens with zero attached hydrogens (tertiary/aromatic N) is 2. The first-order valence-electron chi connectivity index (χ1n) is 8.11. The van der Waals surface area contributed by atoms with E-state index in [1.54, 1.807) is 0 Å². The van der Waals surface area contributed by atoms with E-state index in [1.165, 1.54) is 26.2 Å². The molecule has 0 bridgehead atoms. The molecule has 1 saturated carbocycles. The summed E-state index contributed by atoms with van der Waals surface area (Å²) >= 11 is 0. The van der Waals surface area contributed by atoms with Crippen LogP contribution in [0.2, 0.25) is 0 Å². The third-order valence-corrected chi connectivity index (χ3v) is 6.43. The number of nitro groups is 1. The van der Waals surface area contributed by atoms with Gasteiger partial charge in [-0.2, -0.15) is 0 Å². The van der Waals surface area contributed by atoms with Gasteiger partial charge in [0, 0.05) is 37.2 Å². The predicted molar refractivity (Wildman–Crippen MR) is 94.6 cm³/mol. The molecule has 136 valence electrons. The summed E-state index contributed by atoms with van der Waals surface area (Å²) in [6.45, 7) is 3.78. The molecule has 7 nitrogen and oxygen atoms in total. The van der Waals surface area contributed by atoms with Gasteiger partial charge >= 0.3 is 0 Å². The summed E-state index contributed by atoms with van der Waals surface area (Å²) in [5.41, 5.74) is -0.515. The van der Waals surface area contributed by atoms with Gasteiger partial charge in [0.15, 0.2) is 10.7 Å². The molecule has 25 heavy (non-hydrogen) atoms. The van der Waals surface area contributed by atoms with Crippen LogP contribution in [0.25, 0.3) is 5.57 Å². The van der Waals surface area contributed by atoms with Crippen molar-refractivity contribution in [2.24, 2.45) is 5.92 Å². The molecule has 0 heterocycles. The van der Waals surface area contributed by atoms with Crippen LogP contribution in [0.3, 0.4) is 0 Å². The average Bonchev–Trinajstić information content (AvgIpc) is 2.60. The Morgan fingerprint density at radius 1 is 1.24 bits per heavy atom. The number of Topliss-reactive ketones (excluding diaryl/α,β-unsaturated/α-hetero) is 1. The molecule has 2 rings (SSSR count). The number of carbonyl (C=O) groups excluding carboxylic acids is 1. The van der Waals surface area contributed by atoms with Crippen LogP contribution in [0.1, 0.15) is 37.7 Å². The molecule has 1 fully saturated rings. The molecule has 0 N–H and O–H groups in total. The van der Waals surface area contributed by atoms with Gasteiger partial charge < -0.3 is 0 Å². The molecule has 1 aliphatic rings. The van der Waals surface area contributed by atoms with E-state index in [1.807, 2.05) is 0 Å². The number of hydrogen-bond donors (Lipinski definition) is 0. The molecule has 0 saturated heterocycles. The number of ketones is 1. The van der Waals surface area contributed by atoms with Crippen LogP contribution < -0.4 is 0 Å². The second kappa shape index (κ2) is 7.45. The van der Waals surface area contributed by atoms with E-state index in [0.29, 0.717) is 0 Å². The predicted octanol–water partition coefficient (Wildman–Crippen LogP) is 3.01. The Kier molecular flexibility index (Phi) is 5.74. The zero-order valence-electron chi connectivity index (χ0n) is 14.4. The highest BCUT2D eigenvalue weighted by atomic mass is 32.2. The number of benzene rings is 1. The Labute approximate surface area is 147 Å². The number of allylic oxidation sites excluding steroid dienone is 1. The van der Waals surface area contributed by atoms with Gasteiger partial charge in [0.25, 0.3) is 5.69 Å². The molecule has 8 heteroatoms. The summed E-state index contributed by atoms with van der Waals surface area (Å²) in [5, 5.41) is 11.3. The van der Waals surface area contributed by atoms with E-state index in [2.05, 4.69) is 6.58 Å². The second-order valence-corrected chi connectivity index (χ2v) is 8.46. The summed E-state index contributed by atoms with van der Waals surface area (Å²) in [6.07, 6.45) is 4.45. The Hall–Kier alpha value is -2.06. The maximum atomic E-state index is 12.8. The molecule has 0 radical (unpaired) electrons. The fourth-order valence-electron chi connectivity index (χ4n) is 3.10. The number of nitro benzene ring substituents is 1. The topological polar surface area (TPSA) is 97.6 Å². The minimum atomic E-state index is -4.11. The monoisotopic (exact) mass is 366 g/mol.